The van der Waals surface area contributed by atoms with E-state index in [0.717, 1.165) is 42.8 Å². The van der Waals surface area contributed by atoms with E-state index in [9.17, 15) is 4.79 Å². The molecule has 1 amide bonds. The molecule has 6 nitrogen and oxygen atoms in total. The number of nitrogens with one attached hydrogen (secondary N) is 3. The summed E-state index contributed by atoms with van der Waals surface area (Å²) in [6.45, 7) is 2.27. The van der Waals surface area contributed by atoms with Crippen LogP contribution in [0.4, 0.5) is 0 Å². The zero-order valence-electron chi connectivity index (χ0n) is 11.9. The lowest BCUT2D eigenvalue weighted by Crippen LogP contribution is -2.29. The quantitative estimate of drug-likeness (QED) is 0.710. The first-order valence-electron chi connectivity index (χ1n) is 7.29. The molecule has 0 saturated heterocycles. The Morgan fingerprint density at radius 1 is 1.38 bits per heavy atom. The van der Waals surface area contributed by atoms with Gasteiger partial charge in [0.1, 0.15) is 0 Å². The molecule has 0 radical (unpaired) electrons. The molecule has 1 aliphatic heterocycles. The Morgan fingerprint density at radius 3 is 3.19 bits per heavy atom. The van der Waals surface area contributed by atoms with Crippen LogP contribution >= 0.6 is 0 Å². The van der Waals surface area contributed by atoms with Gasteiger partial charge in [-0.15, -0.1) is 0 Å². The summed E-state index contributed by atoms with van der Waals surface area (Å²) < 4.78 is 0. The molecule has 2 aromatic heterocycles. The van der Waals surface area contributed by atoms with Crippen LogP contribution in [0.2, 0.25) is 0 Å². The van der Waals surface area contributed by atoms with Crippen LogP contribution in [0, 0.1) is 0 Å². The van der Waals surface area contributed by atoms with Gasteiger partial charge in [0, 0.05) is 49.2 Å². The van der Waals surface area contributed by atoms with Crippen LogP contribution in [0.25, 0.3) is 0 Å². The monoisotopic (exact) mass is 285 g/mol. The van der Waals surface area contributed by atoms with Crippen LogP contribution < -0.4 is 10.6 Å². The summed E-state index contributed by atoms with van der Waals surface area (Å²) in [4.78, 5) is 16.4. The number of aromatic nitrogens is 3. The Labute approximate surface area is 123 Å². The highest BCUT2D eigenvalue weighted by molar-refractivity contribution is 5.94. The van der Waals surface area contributed by atoms with Crippen molar-refractivity contribution in [1.29, 1.82) is 0 Å². The number of H-pyrrole nitrogens is 1. The van der Waals surface area contributed by atoms with Crippen LogP contribution in [0.15, 0.2) is 24.4 Å². The number of carbonyl (C=O) groups is 1. The van der Waals surface area contributed by atoms with Gasteiger partial charge in [0.05, 0.1) is 0 Å². The molecule has 1 aliphatic rings. The van der Waals surface area contributed by atoms with Crippen LogP contribution in [-0.4, -0.2) is 34.2 Å². The predicted molar refractivity (Wildman–Crippen MR) is 78.9 cm³/mol. The van der Waals surface area contributed by atoms with Crippen molar-refractivity contribution in [3.8, 4) is 0 Å². The maximum absolute atomic E-state index is 12.2. The molecule has 0 unspecified atom stereocenters. The fourth-order valence-corrected chi connectivity index (χ4v) is 2.51. The number of amides is 1. The number of aryl methyl sites for hydroxylation is 1. The highest BCUT2D eigenvalue weighted by Gasteiger charge is 2.20. The fourth-order valence-electron chi connectivity index (χ4n) is 2.51. The molecule has 21 heavy (non-hydrogen) atoms. The van der Waals surface area contributed by atoms with E-state index in [4.69, 9.17) is 0 Å². The Kier molecular flexibility index (Phi) is 4.25. The molecule has 2 aromatic rings. The molecular formula is C15H19N5O. The first kappa shape index (κ1) is 13.8. The highest BCUT2D eigenvalue weighted by Crippen LogP contribution is 2.14. The van der Waals surface area contributed by atoms with E-state index in [1.165, 1.54) is 0 Å². The molecule has 0 fully saturated rings. The van der Waals surface area contributed by atoms with Gasteiger partial charge >= 0.3 is 0 Å². The van der Waals surface area contributed by atoms with Gasteiger partial charge in [0.2, 0.25) is 0 Å². The van der Waals surface area contributed by atoms with E-state index >= 15 is 0 Å². The first-order chi connectivity index (χ1) is 10.3. The third-order valence-electron chi connectivity index (χ3n) is 3.64. The molecule has 0 aromatic carbocycles. The summed E-state index contributed by atoms with van der Waals surface area (Å²) in [5, 5.41) is 13.3. The van der Waals surface area contributed by atoms with Crippen molar-refractivity contribution in [2.75, 3.05) is 13.1 Å². The van der Waals surface area contributed by atoms with Gasteiger partial charge in [-0.25, -0.2) is 0 Å². The third-order valence-corrected chi connectivity index (χ3v) is 3.64. The highest BCUT2D eigenvalue weighted by atomic mass is 16.1. The molecule has 3 N–H and O–H groups in total. The number of aromatic amines is 1. The van der Waals surface area contributed by atoms with Crippen LogP contribution in [0.5, 0.6) is 0 Å². The second-order valence-electron chi connectivity index (χ2n) is 5.14. The van der Waals surface area contributed by atoms with Crippen molar-refractivity contribution in [3.63, 3.8) is 0 Å². The van der Waals surface area contributed by atoms with E-state index < -0.39 is 0 Å². The lowest BCUT2D eigenvalue weighted by Gasteiger charge is -2.12. The van der Waals surface area contributed by atoms with Crippen molar-refractivity contribution in [2.24, 2.45) is 0 Å². The number of nitrogens with zero attached hydrogens (tertiary/aromatic N) is 2. The Hall–Kier alpha value is -2.21. The van der Waals surface area contributed by atoms with Gasteiger partial charge in [0.15, 0.2) is 5.69 Å². The number of fused-ring (bicyclic) bond motifs is 1. The molecule has 6 heteroatoms. The number of rotatable bonds is 5. The van der Waals surface area contributed by atoms with Gasteiger partial charge in [-0.3, -0.25) is 14.9 Å². The standard InChI is InChI=1S/C15H19N5O/c21-15(14-12-10-16-9-6-13(12)19-20-14)18-8-3-5-11-4-1-2-7-17-11/h1-2,4,7,16H,3,5-6,8-10H2,(H,18,21)(H,19,20). The van der Waals surface area contributed by atoms with Gasteiger partial charge in [-0.2, -0.15) is 5.10 Å². The largest absolute Gasteiger partial charge is 0.351 e. The molecule has 3 heterocycles. The van der Waals surface area contributed by atoms with Crippen molar-refractivity contribution in [2.45, 2.75) is 25.8 Å². The van der Waals surface area contributed by atoms with Gasteiger partial charge in [-0.1, -0.05) is 6.07 Å². The van der Waals surface area contributed by atoms with Gasteiger partial charge in [0.25, 0.3) is 5.91 Å². The van der Waals surface area contributed by atoms with Crippen LogP contribution in [0.3, 0.4) is 0 Å². The summed E-state index contributed by atoms with van der Waals surface area (Å²) in [6, 6.07) is 5.88. The van der Waals surface area contributed by atoms with E-state index in [0.29, 0.717) is 18.8 Å². The zero-order chi connectivity index (χ0) is 14.5. The summed E-state index contributed by atoms with van der Waals surface area (Å²) in [6.07, 6.45) is 4.42. The summed E-state index contributed by atoms with van der Waals surface area (Å²) in [5.74, 6) is -0.0998. The lowest BCUT2D eigenvalue weighted by atomic mass is 10.1. The molecule has 110 valence electrons. The van der Waals surface area contributed by atoms with Gasteiger partial charge in [-0.05, 0) is 25.0 Å². The third kappa shape index (κ3) is 3.28. The van der Waals surface area contributed by atoms with Crippen molar-refractivity contribution >= 4 is 5.91 Å². The predicted octanol–water partition coefficient (Wildman–Crippen LogP) is 0.813. The van der Waals surface area contributed by atoms with Crippen LogP contribution in [0.1, 0.15) is 33.9 Å². The topological polar surface area (TPSA) is 82.7 Å². The lowest BCUT2D eigenvalue weighted by molar-refractivity contribution is 0.0947. The van der Waals surface area contributed by atoms with E-state index in [1.54, 1.807) is 6.20 Å². The maximum atomic E-state index is 12.2. The molecule has 0 saturated carbocycles. The first-order valence-corrected chi connectivity index (χ1v) is 7.29. The van der Waals surface area contributed by atoms with Crippen molar-refractivity contribution in [3.05, 3.63) is 47.0 Å². The normalized spacial score (nSPS) is 13.7. The minimum atomic E-state index is -0.0998. The van der Waals surface area contributed by atoms with Crippen molar-refractivity contribution in [1.82, 2.24) is 25.8 Å². The number of hydrogen-bond donors (Lipinski definition) is 3. The minimum absolute atomic E-state index is 0.0998. The molecular weight excluding hydrogens is 266 g/mol. The molecule has 0 aliphatic carbocycles. The smallest absolute Gasteiger partial charge is 0.272 e. The van der Waals surface area contributed by atoms with Gasteiger partial charge < -0.3 is 10.6 Å². The SMILES string of the molecule is O=C(NCCCc1ccccn1)c1n[nH]c2c1CNCC2. The summed E-state index contributed by atoms with van der Waals surface area (Å²) in [7, 11) is 0. The molecule has 3 rings (SSSR count). The van der Waals surface area contributed by atoms with E-state index in [2.05, 4.69) is 25.8 Å². The molecule has 0 bridgehead atoms. The molecule has 0 spiro atoms. The van der Waals surface area contributed by atoms with E-state index in [1.807, 2.05) is 18.2 Å². The Morgan fingerprint density at radius 2 is 2.33 bits per heavy atom. The molecule has 0 atom stereocenters. The average Bonchev–Trinajstić information content (AvgIpc) is 2.96. The number of carbonyl (C=O) groups excluding carboxylic acids is 1. The Balaban J connectivity index is 1.49. The Bertz CT molecular complexity index is 608. The fraction of sp³-hybridized carbons (Fsp3) is 0.400. The number of pyridine rings is 1. The average molecular weight is 285 g/mol. The second-order valence-corrected chi connectivity index (χ2v) is 5.14. The zero-order valence-corrected chi connectivity index (χ0v) is 11.9. The summed E-state index contributed by atoms with van der Waals surface area (Å²) in [5.41, 5.74) is 3.65. The van der Waals surface area contributed by atoms with Crippen molar-refractivity contribution < 1.29 is 4.79 Å². The maximum Gasteiger partial charge on any atom is 0.272 e. The summed E-state index contributed by atoms with van der Waals surface area (Å²) >= 11 is 0. The van der Waals surface area contributed by atoms with E-state index in [-0.39, 0.29) is 5.91 Å². The minimum Gasteiger partial charge on any atom is -0.351 e. The van der Waals surface area contributed by atoms with Crippen LogP contribution in [-0.2, 0) is 19.4 Å². The number of hydrogen-bond acceptors (Lipinski definition) is 4. The second kappa shape index (κ2) is 6.49.